The third-order valence-corrected chi connectivity index (χ3v) is 4.95. The molecule has 1 aromatic carbocycles. The number of carbonyl (C=O) groups is 2. The van der Waals surface area contributed by atoms with Crippen LogP contribution in [0, 0.1) is 0 Å². The Morgan fingerprint density at radius 1 is 1.35 bits per heavy atom. The van der Waals surface area contributed by atoms with E-state index in [1.807, 2.05) is 12.1 Å². The fraction of sp³-hybridized carbons (Fsp3) is 0.600. The molecule has 2 N–H and O–H groups in total. The van der Waals surface area contributed by atoms with Gasteiger partial charge in [-0.3, -0.25) is 14.5 Å². The number of nitrogens with one attached hydrogen (secondary N) is 1. The summed E-state index contributed by atoms with van der Waals surface area (Å²) in [5.74, 6) is 0.0866. The van der Waals surface area contributed by atoms with E-state index in [0.717, 1.165) is 12.0 Å². The Balaban J connectivity index is 2.02. The van der Waals surface area contributed by atoms with Crippen molar-refractivity contribution in [1.82, 2.24) is 15.1 Å². The van der Waals surface area contributed by atoms with E-state index in [0.29, 0.717) is 25.4 Å². The van der Waals surface area contributed by atoms with Crippen LogP contribution in [0.5, 0.6) is 0 Å². The lowest BCUT2D eigenvalue weighted by Gasteiger charge is -2.40. The zero-order valence-electron chi connectivity index (χ0n) is 16.3. The number of aliphatic hydroxyl groups is 1. The molecule has 1 saturated heterocycles. The molecule has 1 aliphatic heterocycles. The highest BCUT2D eigenvalue weighted by Crippen LogP contribution is 2.25. The zero-order chi connectivity index (χ0) is 19.3. The van der Waals surface area contributed by atoms with Gasteiger partial charge in [-0.05, 0) is 36.9 Å². The second-order valence-corrected chi connectivity index (χ2v) is 7.60. The maximum absolute atomic E-state index is 12.9. The van der Waals surface area contributed by atoms with Crippen LogP contribution in [-0.4, -0.2) is 66.1 Å². The highest BCUT2D eigenvalue weighted by molar-refractivity contribution is 5.86. The Morgan fingerprint density at radius 3 is 2.58 bits per heavy atom. The van der Waals surface area contributed by atoms with E-state index in [4.69, 9.17) is 0 Å². The highest BCUT2D eigenvalue weighted by Gasteiger charge is 2.42. The second-order valence-electron chi connectivity index (χ2n) is 7.60. The molecule has 0 unspecified atom stereocenters. The topological polar surface area (TPSA) is 72.9 Å². The Bertz CT molecular complexity index is 630. The van der Waals surface area contributed by atoms with Gasteiger partial charge in [0, 0.05) is 26.7 Å². The summed E-state index contributed by atoms with van der Waals surface area (Å²) in [6, 6.07) is 8.29. The number of amides is 2. The summed E-state index contributed by atoms with van der Waals surface area (Å²) in [6.45, 7) is 5.76. The van der Waals surface area contributed by atoms with Gasteiger partial charge in [0.1, 0.15) is 0 Å². The summed E-state index contributed by atoms with van der Waals surface area (Å²) in [5.41, 5.74) is 0.899. The maximum atomic E-state index is 12.9. The molecule has 0 aliphatic carbocycles. The molecule has 1 aliphatic rings. The van der Waals surface area contributed by atoms with Crippen LogP contribution in [0.3, 0.4) is 0 Å². The lowest BCUT2D eigenvalue weighted by atomic mass is 9.90. The van der Waals surface area contributed by atoms with E-state index < -0.39 is 5.60 Å². The van der Waals surface area contributed by atoms with Gasteiger partial charge in [-0.1, -0.05) is 38.1 Å². The number of hydrogen-bond acceptors (Lipinski definition) is 4. The van der Waals surface area contributed by atoms with Gasteiger partial charge in [-0.25, -0.2) is 0 Å². The first-order valence-electron chi connectivity index (χ1n) is 9.25. The van der Waals surface area contributed by atoms with Crippen molar-refractivity contribution in [1.29, 1.82) is 0 Å². The van der Waals surface area contributed by atoms with Crippen LogP contribution in [0.4, 0.5) is 0 Å². The maximum Gasteiger partial charge on any atom is 0.256 e. The summed E-state index contributed by atoms with van der Waals surface area (Å²) in [6.07, 6.45) is 1.17. The summed E-state index contributed by atoms with van der Waals surface area (Å²) in [7, 11) is 3.31. The molecule has 2 amide bonds. The molecule has 1 heterocycles. The first-order chi connectivity index (χ1) is 12.2. The first-order valence-corrected chi connectivity index (χ1v) is 9.25. The van der Waals surface area contributed by atoms with Crippen molar-refractivity contribution in [3.63, 3.8) is 0 Å². The largest absolute Gasteiger partial charge is 0.379 e. The molecule has 1 fully saturated rings. The van der Waals surface area contributed by atoms with E-state index in [2.05, 4.69) is 31.3 Å². The number of benzene rings is 1. The number of likely N-dealkylation sites (tertiary alicyclic amines) is 1. The Hall–Kier alpha value is -1.92. The quantitative estimate of drug-likeness (QED) is 0.769. The van der Waals surface area contributed by atoms with Crippen LogP contribution >= 0.6 is 0 Å². The van der Waals surface area contributed by atoms with E-state index in [1.165, 1.54) is 5.56 Å². The van der Waals surface area contributed by atoms with Gasteiger partial charge in [-0.15, -0.1) is 0 Å². The van der Waals surface area contributed by atoms with Crippen molar-refractivity contribution in [3.8, 4) is 0 Å². The number of rotatable bonds is 7. The molecule has 1 aromatic rings. The minimum absolute atomic E-state index is 0.138. The average Bonchev–Trinajstić information content (AvgIpc) is 2.59. The minimum Gasteiger partial charge on any atom is -0.379 e. The Kier molecular flexibility index (Phi) is 6.78. The van der Waals surface area contributed by atoms with Gasteiger partial charge in [0.05, 0.1) is 6.54 Å². The molecule has 6 nitrogen and oxygen atoms in total. The third kappa shape index (κ3) is 5.05. The molecule has 144 valence electrons. The van der Waals surface area contributed by atoms with Crippen molar-refractivity contribution >= 4 is 11.8 Å². The molecule has 0 bridgehead atoms. The van der Waals surface area contributed by atoms with Crippen molar-refractivity contribution in [2.24, 2.45) is 0 Å². The van der Waals surface area contributed by atoms with Gasteiger partial charge in [-0.2, -0.15) is 0 Å². The predicted molar refractivity (Wildman–Crippen MR) is 102 cm³/mol. The number of piperidine rings is 1. The second kappa shape index (κ2) is 8.64. The van der Waals surface area contributed by atoms with Gasteiger partial charge in [0.2, 0.25) is 5.91 Å². The first kappa shape index (κ1) is 20.4. The van der Waals surface area contributed by atoms with Gasteiger partial charge in [0.25, 0.3) is 5.91 Å². The summed E-state index contributed by atoms with van der Waals surface area (Å²) in [4.78, 5) is 27.8. The molecule has 1 atom stereocenters. The molecule has 0 saturated carbocycles. The molecule has 6 heteroatoms. The molecule has 2 rings (SSSR count). The third-order valence-electron chi connectivity index (χ3n) is 4.95. The Labute approximate surface area is 156 Å². The summed E-state index contributed by atoms with van der Waals surface area (Å²) in [5, 5.41) is 13.4. The van der Waals surface area contributed by atoms with Crippen LogP contribution in [0.15, 0.2) is 24.3 Å². The fourth-order valence-corrected chi connectivity index (χ4v) is 3.42. The molecule has 0 aromatic heterocycles. The SMILES string of the molecule is CNC(=O)CN(C)C[C@@]1(O)CCCN(Cc2ccc(C(C)C)cc2)C1=O. The van der Waals surface area contributed by atoms with Gasteiger partial charge in [0.15, 0.2) is 5.60 Å². The smallest absolute Gasteiger partial charge is 0.256 e. The van der Waals surface area contributed by atoms with E-state index >= 15 is 0 Å². The molecule has 0 spiro atoms. The predicted octanol–water partition coefficient (Wildman–Crippen LogP) is 1.34. The molecular weight excluding hydrogens is 330 g/mol. The van der Waals surface area contributed by atoms with Crippen LogP contribution in [-0.2, 0) is 16.1 Å². The number of nitrogens with zero attached hydrogens (tertiary/aromatic N) is 2. The lowest BCUT2D eigenvalue weighted by molar-refractivity contribution is -0.160. The summed E-state index contributed by atoms with van der Waals surface area (Å²) < 4.78 is 0. The number of hydrogen-bond donors (Lipinski definition) is 2. The highest BCUT2D eigenvalue weighted by atomic mass is 16.3. The standard InChI is InChI=1S/C20H31N3O3/c1-15(2)17-8-6-16(7-9-17)12-23-11-5-10-20(26,19(23)25)14-22(4)13-18(24)21-3/h6-9,15,26H,5,10-14H2,1-4H3,(H,21,24)/t20-/m0/s1. The van der Waals surface area contributed by atoms with Gasteiger partial charge >= 0.3 is 0 Å². The van der Waals surface area contributed by atoms with E-state index in [1.54, 1.807) is 23.9 Å². The van der Waals surface area contributed by atoms with Crippen LogP contribution in [0.1, 0.15) is 43.7 Å². The number of carbonyl (C=O) groups excluding carboxylic acids is 2. The zero-order valence-corrected chi connectivity index (χ0v) is 16.3. The Morgan fingerprint density at radius 2 is 2.00 bits per heavy atom. The fourth-order valence-electron chi connectivity index (χ4n) is 3.42. The van der Waals surface area contributed by atoms with Crippen molar-refractivity contribution in [3.05, 3.63) is 35.4 Å². The van der Waals surface area contributed by atoms with Gasteiger partial charge < -0.3 is 15.3 Å². The average molecular weight is 361 g/mol. The van der Waals surface area contributed by atoms with Crippen LogP contribution in [0.25, 0.3) is 0 Å². The molecule has 26 heavy (non-hydrogen) atoms. The summed E-state index contributed by atoms with van der Waals surface area (Å²) >= 11 is 0. The molecule has 0 radical (unpaired) electrons. The van der Waals surface area contributed by atoms with Crippen LogP contribution < -0.4 is 5.32 Å². The van der Waals surface area contributed by atoms with E-state index in [9.17, 15) is 14.7 Å². The molecular formula is C20H31N3O3. The van der Waals surface area contributed by atoms with Crippen molar-refractivity contribution < 1.29 is 14.7 Å². The van der Waals surface area contributed by atoms with Crippen molar-refractivity contribution in [2.75, 3.05) is 33.7 Å². The van der Waals surface area contributed by atoms with Crippen molar-refractivity contribution in [2.45, 2.75) is 44.8 Å². The monoisotopic (exact) mass is 361 g/mol. The van der Waals surface area contributed by atoms with E-state index in [-0.39, 0.29) is 24.9 Å². The lowest BCUT2D eigenvalue weighted by Crippen LogP contribution is -2.58. The van der Waals surface area contributed by atoms with Crippen LogP contribution in [0.2, 0.25) is 0 Å². The normalized spacial score (nSPS) is 20.7. The number of likely N-dealkylation sites (N-methyl/N-ethyl adjacent to an activating group) is 2. The minimum atomic E-state index is -1.43.